The molecule has 2 aromatic heterocycles. The van der Waals surface area contributed by atoms with E-state index in [4.69, 9.17) is 9.26 Å². The van der Waals surface area contributed by atoms with E-state index in [1.54, 1.807) is 13.0 Å². The van der Waals surface area contributed by atoms with Crippen molar-refractivity contribution in [1.82, 2.24) is 5.16 Å². The fourth-order valence-electron chi connectivity index (χ4n) is 4.74. The summed E-state index contributed by atoms with van der Waals surface area (Å²) in [6.07, 6.45) is -0.614. The van der Waals surface area contributed by atoms with Gasteiger partial charge >= 0.3 is 5.97 Å². The maximum absolute atomic E-state index is 12.4. The molecular formula is C27H30N2O4S. The Labute approximate surface area is 204 Å². The molecule has 0 fully saturated rings. The second kappa shape index (κ2) is 8.94. The van der Waals surface area contributed by atoms with Gasteiger partial charge in [-0.15, -0.1) is 11.3 Å². The minimum atomic E-state index is -0.614. The van der Waals surface area contributed by atoms with Crippen molar-refractivity contribution in [3.8, 4) is 23.0 Å². The van der Waals surface area contributed by atoms with Crippen LogP contribution >= 0.6 is 11.3 Å². The van der Waals surface area contributed by atoms with Gasteiger partial charge in [0.2, 0.25) is 0 Å². The van der Waals surface area contributed by atoms with E-state index in [2.05, 4.69) is 35.3 Å². The Hall–Kier alpha value is -3.08. The van der Waals surface area contributed by atoms with Crippen molar-refractivity contribution >= 4 is 23.0 Å². The van der Waals surface area contributed by atoms with Crippen LogP contribution in [-0.4, -0.2) is 34.5 Å². The van der Waals surface area contributed by atoms with E-state index >= 15 is 0 Å². The zero-order valence-corrected chi connectivity index (χ0v) is 21.4. The molecule has 6 nitrogen and oxygen atoms in total. The summed E-state index contributed by atoms with van der Waals surface area (Å²) < 4.78 is 10.7. The second-order valence-electron chi connectivity index (χ2n) is 9.32. The molecule has 0 saturated heterocycles. The summed E-state index contributed by atoms with van der Waals surface area (Å²) in [6, 6.07) is 3.84. The van der Waals surface area contributed by atoms with E-state index < -0.39 is 11.6 Å². The normalized spacial score (nSPS) is 18.5. The number of carbonyl (C=O) groups excluding carboxylic acids is 1. The molecule has 3 aromatic rings. The number of hydrogen-bond donors (Lipinski definition) is 2. The predicted octanol–water partition coefficient (Wildman–Crippen LogP) is 5.57. The van der Waals surface area contributed by atoms with Gasteiger partial charge in [0.15, 0.2) is 0 Å². The number of benzene rings is 1. The first-order chi connectivity index (χ1) is 16.1. The van der Waals surface area contributed by atoms with Crippen LogP contribution in [0, 0.1) is 32.6 Å². The molecule has 0 amide bonds. The van der Waals surface area contributed by atoms with Crippen molar-refractivity contribution in [3.05, 3.63) is 56.1 Å². The molecule has 178 valence electrons. The molecule has 0 saturated carbocycles. The molecule has 0 radical (unpaired) electrons. The molecule has 1 unspecified atom stereocenters. The number of aryl methyl sites for hydroxylation is 3. The smallest absolute Gasteiger partial charge is 0.340 e. The highest BCUT2D eigenvalue weighted by Crippen LogP contribution is 2.46. The quantitative estimate of drug-likeness (QED) is 0.378. The number of aliphatic hydroxyl groups is 1. The highest BCUT2D eigenvalue weighted by Gasteiger charge is 2.41. The highest BCUT2D eigenvalue weighted by atomic mass is 32.1. The number of hydrogen-bond acceptors (Lipinski definition) is 7. The van der Waals surface area contributed by atoms with Gasteiger partial charge in [0, 0.05) is 28.3 Å². The number of nitrogens with zero attached hydrogens (tertiary/aromatic N) is 1. The summed E-state index contributed by atoms with van der Waals surface area (Å²) in [7, 11) is 0. The predicted molar refractivity (Wildman–Crippen MR) is 135 cm³/mol. The minimum Gasteiger partial charge on any atom is -0.462 e. The van der Waals surface area contributed by atoms with Crippen molar-refractivity contribution in [2.24, 2.45) is 0 Å². The van der Waals surface area contributed by atoms with Crippen molar-refractivity contribution in [2.45, 2.75) is 66.0 Å². The first kappa shape index (κ1) is 24.1. The molecule has 7 heteroatoms. The van der Waals surface area contributed by atoms with Crippen molar-refractivity contribution in [1.29, 1.82) is 0 Å². The lowest BCUT2D eigenvalue weighted by Gasteiger charge is -2.43. The number of carbonyl (C=O) groups is 1. The lowest BCUT2D eigenvalue weighted by atomic mass is 9.75. The Morgan fingerprint density at radius 2 is 2.06 bits per heavy atom. The van der Waals surface area contributed by atoms with Crippen LogP contribution in [0.1, 0.15) is 77.0 Å². The van der Waals surface area contributed by atoms with Crippen LogP contribution in [0.2, 0.25) is 0 Å². The van der Waals surface area contributed by atoms with Crippen molar-refractivity contribution in [2.75, 3.05) is 11.9 Å². The van der Waals surface area contributed by atoms with Gasteiger partial charge in [-0.05, 0) is 76.1 Å². The van der Waals surface area contributed by atoms with Gasteiger partial charge in [0.25, 0.3) is 0 Å². The zero-order valence-electron chi connectivity index (χ0n) is 20.6. The van der Waals surface area contributed by atoms with Crippen LogP contribution < -0.4 is 5.32 Å². The fraction of sp³-hybridized carbons (Fsp3) is 0.407. The Bertz CT molecular complexity index is 1300. The van der Waals surface area contributed by atoms with Crippen LogP contribution in [0.5, 0.6) is 0 Å². The van der Waals surface area contributed by atoms with E-state index in [-0.39, 0.29) is 11.9 Å². The third-order valence-corrected chi connectivity index (χ3v) is 7.27. The van der Waals surface area contributed by atoms with Gasteiger partial charge in [-0.1, -0.05) is 18.0 Å². The topological polar surface area (TPSA) is 84.6 Å². The molecule has 2 atom stereocenters. The molecular weight excluding hydrogens is 448 g/mol. The zero-order chi connectivity index (χ0) is 24.8. The molecule has 4 rings (SSSR count). The Morgan fingerprint density at radius 1 is 1.32 bits per heavy atom. The monoisotopic (exact) mass is 478 g/mol. The summed E-state index contributed by atoms with van der Waals surface area (Å²) in [4.78, 5) is 13.0. The Kier molecular flexibility index (Phi) is 6.32. The maximum Gasteiger partial charge on any atom is 0.340 e. The standard InChI is InChI=1S/C27H30N2O4S/c1-8-32-26(31)19-11-12-34-21(19)10-9-18-20(23-16(4)29-33-17(23)5)13-14(2)24-22(18)15(3)25(30)27(6,7)28-24/h11-13,15,25,28,30H,8H2,1-7H3/t15-,25?/m0/s1. The number of ether oxygens (including phenoxy) is 1. The number of aromatic nitrogens is 1. The molecule has 1 aliphatic rings. The van der Waals surface area contributed by atoms with E-state index in [0.29, 0.717) is 22.8 Å². The summed E-state index contributed by atoms with van der Waals surface area (Å²) in [6.45, 7) is 14.0. The summed E-state index contributed by atoms with van der Waals surface area (Å²) in [5, 5.41) is 20.7. The molecule has 0 aliphatic carbocycles. The lowest BCUT2D eigenvalue weighted by molar-refractivity contribution is 0.0526. The molecule has 34 heavy (non-hydrogen) atoms. The van der Waals surface area contributed by atoms with Gasteiger partial charge in [0.1, 0.15) is 5.76 Å². The van der Waals surface area contributed by atoms with Gasteiger partial charge in [-0.25, -0.2) is 4.79 Å². The number of rotatable bonds is 3. The summed E-state index contributed by atoms with van der Waals surface area (Å²) in [5.41, 5.74) is 6.37. The molecule has 3 heterocycles. The molecule has 1 aliphatic heterocycles. The van der Waals surface area contributed by atoms with Gasteiger partial charge < -0.3 is 19.7 Å². The first-order valence-corrected chi connectivity index (χ1v) is 12.3. The van der Waals surface area contributed by atoms with E-state index in [9.17, 15) is 9.90 Å². The van der Waals surface area contributed by atoms with Gasteiger partial charge in [-0.3, -0.25) is 0 Å². The highest BCUT2D eigenvalue weighted by molar-refractivity contribution is 7.10. The Morgan fingerprint density at radius 3 is 2.71 bits per heavy atom. The Balaban J connectivity index is 1.99. The lowest BCUT2D eigenvalue weighted by Crippen LogP contribution is -2.50. The van der Waals surface area contributed by atoms with Gasteiger partial charge in [-0.2, -0.15) is 0 Å². The molecule has 1 aromatic carbocycles. The second-order valence-corrected chi connectivity index (χ2v) is 10.2. The van der Waals surface area contributed by atoms with Crippen LogP contribution in [0.4, 0.5) is 5.69 Å². The van der Waals surface area contributed by atoms with E-state index in [1.165, 1.54) is 11.3 Å². The van der Waals surface area contributed by atoms with Crippen LogP contribution in [0.3, 0.4) is 0 Å². The molecule has 0 bridgehead atoms. The first-order valence-electron chi connectivity index (χ1n) is 11.4. The molecule has 0 spiro atoms. The number of nitrogens with one attached hydrogen (secondary N) is 1. The number of aliphatic hydroxyl groups excluding tert-OH is 1. The largest absolute Gasteiger partial charge is 0.462 e. The molecule has 2 N–H and O–H groups in total. The fourth-order valence-corrected chi connectivity index (χ4v) is 5.47. The van der Waals surface area contributed by atoms with Crippen LogP contribution in [-0.2, 0) is 4.74 Å². The SMILES string of the molecule is CCOC(=O)c1ccsc1C#Cc1c(-c2c(C)noc2C)cc(C)c2c1[C@H](C)C(O)C(C)(C)N2. The third kappa shape index (κ3) is 4.02. The minimum absolute atomic E-state index is 0.164. The van der Waals surface area contributed by atoms with Crippen LogP contribution in [0.25, 0.3) is 11.1 Å². The van der Waals surface area contributed by atoms with E-state index in [0.717, 1.165) is 39.2 Å². The van der Waals surface area contributed by atoms with Crippen LogP contribution in [0.15, 0.2) is 22.0 Å². The number of anilines is 1. The van der Waals surface area contributed by atoms with Crippen molar-refractivity contribution in [3.63, 3.8) is 0 Å². The number of thiophene rings is 1. The number of esters is 1. The number of fused-ring (bicyclic) bond motifs is 1. The summed E-state index contributed by atoms with van der Waals surface area (Å²) >= 11 is 1.40. The maximum atomic E-state index is 12.4. The average Bonchev–Trinajstić information content (AvgIpc) is 3.38. The van der Waals surface area contributed by atoms with Gasteiger partial charge in [0.05, 0.1) is 34.4 Å². The summed E-state index contributed by atoms with van der Waals surface area (Å²) in [5.74, 6) is 6.75. The average molecular weight is 479 g/mol. The van der Waals surface area contributed by atoms with Crippen molar-refractivity contribution < 1.29 is 19.2 Å². The van der Waals surface area contributed by atoms with E-state index in [1.807, 2.05) is 40.0 Å². The third-order valence-electron chi connectivity index (χ3n) is 6.44.